The van der Waals surface area contributed by atoms with Crippen molar-refractivity contribution in [2.24, 2.45) is 0 Å². The van der Waals surface area contributed by atoms with Crippen molar-refractivity contribution in [3.8, 4) is 0 Å². The molecule has 3 nitrogen and oxygen atoms in total. The minimum Gasteiger partial charge on any atom is -0.312 e. The van der Waals surface area contributed by atoms with Gasteiger partial charge in [-0.25, -0.2) is 8.78 Å². The lowest BCUT2D eigenvalue weighted by Gasteiger charge is -2.50. The van der Waals surface area contributed by atoms with Crippen molar-refractivity contribution >= 4 is 0 Å². The van der Waals surface area contributed by atoms with E-state index in [9.17, 15) is 8.78 Å². The number of rotatable bonds is 3. The highest BCUT2D eigenvalue weighted by molar-refractivity contribution is 5.24. The summed E-state index contributed by atoms with van der Waals surface area (Å²) in [6.07, 6.45) is 0. The van der Waals surface area contributed by atoms with Gasteiger partial charge in [-0.15, -0.1) is 0 Å². The van der Waals surface area contributed by atoms with E-state index in [2.05, 4.69) is 15.1 Å². The maximum atomic E-state index is 14.0. The van der Waals surface area contributed by atoms with Crippen molar-refractivity contribution < 1.29 is 8.78 Å². The van der Waals surface area contributed by atoms with Crippen LogP contribution in [0.3, 0.4) is 0 Å². The second-order valence-electron chi connectivity index (χ2n) is 5.34. The molecular weight excluding hydrogens is 248 g/mol. The molecule has 1 aromatic carbocycles. The van der Waals surface area contributed by atoms with Gasteiger partial charge < -0.3 is 5.32 Å². The van der Waals surface area contributed by atoms with E-state index in [0.717, 1.165) is 38.8 Å². The molecule has 0 amide bonds. The molecule has 1 N–H and O–H groups in total. The molecule has 19 heavy (non-hydrogen) atoms. The fraction of sp³-hybridized carbons (Fsp3) is 0.571. The third kappa shape index (κ3) is 2.38. The second-order valence-corrected chi connectivity index (χ2v) is 5.34. The van der Waals surface area contributed by atoms with Gasteiger partial charge >= 0.3 is 0 Å². The predicted octanol–water partition coefficient (Wildman–Crippen LogP) is 1.23. The number of hydrogen-bond acceptors (Lipinski definition) is 3. The van der Waals surface area contributed by atoms with E-state index in [-0.39, 0.29) is 12.1 Å². The van der Waals surface area contributed by atoms with Crippen LogP contribution in [0.25, 0.3) is 0 Å². The van der Waals surface area contributed by atoms with Gasteiger partial charge in [-0.1, -0.05) is 6.07 Å². The Bertz CT molecular complexity index is 458. The third-order valence-corrected chi connectivity index (χ3v) is 4.31. The van der Waals surface area contributed by atoms with Gasteiger partial charge in [0.15, 0.2) is 0 Å². The molecule has 104 valence electrons. The fourth-order valence-corrected chi connectivity index (χ4v) is 3.28. The zero-order valence-corrected chi connectivity index (χ0v) is 11.1. The molecule has 0 spiro atoms. The standard InChI is InChI=1S/C14H19F2N3/c1-17-14(11-3-2-10(15)8-12(11)16)13-9-18-4-6-19(13)7-5-18/h2-3,8,13-14,17H,4-7,9H2,1H3. The highest BCUT2D eigenvalue weighted by Gasteiger charge is 2.37. The van der Waals surface area contributed by atoms with E-state index in [1.807, 2.05) is 7.05 Å². The Morgan fingerprint density at radius 3 is 2.47 bits per heavy atom. The van der Waals surface area contributed by atoms with Crippen molar-refractivity contribution in [2.75, 3.05) is 39.8 Å². The molecule has 5 heteroatoms. The first kappa shape index (κ1) is 13.0. The molecule has 0 radical (unpaired) electrons. The average molecular weight is 267 g/mol. The number of fused-ring (bicyclic) bond motifs is 3. The zero-order chi connectivity index (χ0) is 13.4. The summed E-state index contributed by atoms with van der Waals surface area (Å²) in [5, 5.41) is 3.20. The third-order valence-electron chi connectivity index (χ3n) is 4.31. The minimum absolute atomic E-state index is 0.0938. The van der Waals surface area contributed by atoms with Gasteiger partial charge in [-0.2, -0.15) is 0 Å². The second kappa shape index (κ2) is 5.15. The van der Waals surface area contributed by atoms with Crippen LogP contribution >= 0.6 is 0 Å². The summed E-state index contributed by atoms with van der Waals surface area (Å²) in [6, 6.07) is 4.02. The molecule has 2 bridgehead atoms. The van der Waals surface area contributed by atoms with E-state index in [4.69, 9.17) is 0 Å². The molecule has 3 fully saturated rings. The van der Waals surface area contributed by atoms with E-state index in [0.29, 0.717) is 5.56 Å². The molecule has 3 heterocycles. The summed E-state index contributed by atoms with van der Waals surface area (Å²) in [4.78, 5) is 4.82. The van der Waals surface area contributed by atoms with Crippen LogP contribution in [0.2, 0.25) is 0 Å². The maximum absolute atomic E-state index is 14.0. The van der Waals surface area contributed by atoms with Crippen molar-refractivity contribution in [2.45, 2.75) is 12.1 Å². The van der Waals surface area contributed by atoms with Crippen LogP contribution in [-0.4, -0.2) is 55.6 Å². The first-order valence-electron chi connectivity index (χ1n) is 6.77. The Balaban J connectivity index is 1.88. The number of likely N-dealkylation sites (N-methyl/N-ethyl adjacent to an activating group) is 1. The molecule has 4 rings (SSSR count). The lowest BCUT2D eigenvalue weighted by molar-refractivity contribution is -0.00304. The molecular formula is C14H19F2N3. The summed E-state index contributed by atoms with van der Waals surface area (Å²) in [7, 11) is 1.84. The van der Waals surface area contributed by atoms with Crippen LogP contribution in [-0.2, 0) is 0 Å². The minimum atomic E-state index is -0.523. The lowest BCUT2D eigenvalue weighted by Crippen LogP contribution is -2.63. The summed E-state index contributed by atoms with van der Waals surface area (Å²) in [6.45, 7) is 5.21. The van der Waals surface area contributed by atoms with E-state index in [1.54, 1.807) is 6.07 Å². The van der Waals surface area contributed by atoms with Crippen LogP contribution in [0.4, 0.5) is 8.78 Å². The number of nitrogens with one attached hydrogen (secondary N) is 1. The van der Waals surface area contributed by atoms with E-state index in [1.165, 1.54) is 6.07 Å². The van der Waals surface area contributed by atoms with Crippen molar-refractivity contribution in [1.82, 2.24) is 15.1 Å². The Kier molecular flexibility index (Phi) is 3.52. The van der Waals surface area contributed by atoms with Crippen LogP contribution in [0.5, 0.6) is 0 Å². The molecule has 0 aliphatic carbocycles. The number of hydrogen-bond donors (Lipinski definition) is 1. The number of benzene rings is 1. The Hall–Kier alpha value is -1.04. The van der Waals surface area contributed by atoms with Crippen LogP contribution in [0.15, 0.2) is 18.2 Å². The smallest absolute Gasteiger partial charge is 0.130 e. The fourth-order valence-electron chi connectivity index (χ4n) is 3.28. The Labute approximate surface area is 112 Å². The zero-order valence-electron chi connectivity index (χ0n) is 11.1. The normalized spacial score (nSPS) is 31.4. The average Bonchev–Trinajstić information content (AvgIpc) is 2.43. The number of halogens is 2. The quantitative estimate of drug-likeness (QED) is 0.888. The Morgan fingerprint density at radius 1 is 1.21 bits per heavy atom. The predicted molar refractivity (Wildman–Crippen MR) is 70.0 cm³/mol. The summed E-state index contributed by atoms with van der Waals surface area (Å²) < 4.78 is 27.0. The topological polar surface area (TPSA) is 18.5 Å². The highest BCUT2D eigenvalue weighted by atomic mass is 19.1. The van der Waals surface area contributed by atoms with Gasteiger partial charge in [0.05, 0.1) is 6.04 Å². The van der Waals surface area contributed by atoms with E-state index >= 15 is 0 Å². The molecule has 3 saturated heterocycles. The van der Waals surface area contributed by atoms with Gasteiger partial charge in [-0.05, 0) is 13.1 Å². The van der Waals surface area contributed by atoms with Crippen LogP contribution < -0.4 is 5.32 Å². The van der Waals surface area contributed by atoms with E-state index < -0.39 is 11.6 Å². The monoisotopic (exact) mass is 267 g/mol. The molecule has 2 atom stereocenters. The molecule has 2 unspecified atom stereocenters. The van der Waals surface area contributed by atoms with Gasteiger partial charge in [0.2, 0.25) is 0 Å². The van der Waals surface area contributed by atoms with Gasteiger partial charge in [0.1, 0.15) is 11.6 Å². The molecule has 0 saturated carbocycles. The number of piperazine rings is 3. The SMILES string of the molecule is CNC(c1ccc(F)cc1F)C1CN2CCN1CC2. The molecule has 1 aromatic rings. The molecule has 3 aliphatic heterocycles. The summed E-state index contributed by atoms with van der Waals surface area (Å²) >= 11 is 0. The van der Waals surface area contributed by atoms with Crippen LogP contribution in [0, 0.1) is 11.6 Å². The largest absolute Gasteiger partial charge is 0.312 e. The van der Waals surface area contributed by atoms with Crippen LogP contribution in [0.1, 0.15) is 11.6 Å². The summed E-state index contributed by atoms with van der Waals surface area (Å²) in [5.74, 6) is -0.984. The van der Waals surface area contributed by atoms with Gasteiger partial charge in [0, 0.05) is 50.4 Å². The Morgan fingerprint density at radius 2 is 1.95 bits per heavy atom. The van der Waals surface area contributed by atoms with Gasteiger partial charge in [-0.3, -0.25) is 9.80 Å². The van der Waals surface area contributed by atoms with Crippen molar-refractivity contribution in [1.29, 1.82) is 0 Å². The first-order valence-corrected chi connectivity index (χ1v) is 6.77. The van der Waals surface area contributed by atoms with Gasteiger partial charge in [0.25, 0.3) is 0 Å². The lowest BCUT2D eigenvalue weighted by atomic mass is 9.93. The molecule has 0 aromatic heterocycles. The number of nitrogens with zero attached hydrogens (tertiary/aromatic N) is 2. The maximum Gasteiger partial charge on any atom is 0.130 e. The molecule has 3 aliphatic rings. The van der Waals surface area contributed by atoms with Crippen molar-refractivity contribution in [3.05, 3.63) is 35.4 Å². The summed E-state index contributed by atoms with van der Waals surface area (Å²) in [5.41, 5.74) is 0.558. The van der Waals surface area contributed by atoms with Crippen molar-refractivity contribution in [3.63, 3.8) is 0 Å². The highest BCUT2D eigenvalue weighted by Crippen LogP contribution is 2.28. The first-order chi connectivity index (χ1) is 9.19.